The van der Waals surface area contributed by atoms with E-state index in [-0.39, 0.29) is 5.92 Å². The van der Waals surface area contributed by atoms with E-state index in [4.69, 9.17) is 0 Å². The Morgan fingerprint density at radius 1 is 1.67 bits per heavy atom. The smallest absolute Gasteiger partial charge is 0.123 e. The molecule has 0 bridgehead atoms. The SMILES string of the molecule is C[C@@H]1C=CCC[C@H]1C=O. The van der Waals surface area contributed by atoms with Crippen molar-refractivity contribution < 1.29 is 4.79 Å². The van der Waals surface area contributed by atoms with E-state index < -0.39 is 0 Å². The van der Waals surface area contributed by atoms with Gasteiger partial charge >= 0.3 is 0 Å². The highest BCUT2D eigenvalue weighted by molar-refractivity contribution is 5.54. The largest absolute Gasteiger partial charge is 0.303 e. The first-order valence-corrected chi connectivity index (χ1v) is 3.46. The number of carbonyl (C=O) groups is 1. The van der Waals surface area contributed by atoms with Crippen LogP contribution in [-0.2, 0) is 4.79 Å². The summed E-state index contributed by atoms with van der Waals surface area (Å²) in [6, 6.07) is 0. The molecule has 0 unspecified atom stereocenters. The molecule has 50 valence electrons. The highest BCUT2D eigenvalue weighted by atomic mass is 16.1. The molecule has 0 aromatic carbocycles. The lowest BCUT2D eigenvalue weighted by Gasteiger charge is -2.17. The van der Waals surface area contributed by atoms with Gasteiger partial charge in [-0.05, 0) is 18.8 Å². The molecule has 0 N–H and O–H groups in total. The van der Waals surface area contributed by atoms with Crippen LogP contribution in [-0.4, -0.2) is 6.29 Å². The van der Waals surface area contributed by atoms with Crippen molar-refractivity contribution in [1.82, 2.24) is 0 Å². The lowest BCUT2D eigenvalue weighted by atomic mass is 9.87. The fraction of sp³-hybridized carbons (Fsp3) is 0.625. The second-order valence-electron chi connectivity index (χ2n) is 2.66. The Balaban J connectivity index is 2.54. The van der Waals surface area contributed by atoms with Crippen molar-refractivity contribution in [2.45, 2.75) is 19.8 Å². The van der Waals surface area contributed by atoms with E-state index in [0.717, 1.165) is 19.1 Å². The number of hydrogen-bond acceptors (Lipinski definition) is 1. The van der Waals surface area contributed by atoms with E-state index in [9.17, 15) is 4.79 Å². The molecule has 0 saturated carbocycles. The van der Waals surface area contributed by atoms with Crippen molar-refractivity contribution in [3.63, 3.8) is 0 Å². The number of rotatable bonds is 1. The van der Waals surface area contributed by atoms with Gasteiger partial charge in [0, 0.05) is 5.92 Å². The van der Waals surface area contributed by atoms with Gasteiger partial charge in [0.1, 0.15) is 6.29 Å². The van der Waals surface area contributed by atoms with E-state index in [1.165, 1.54) is 0 Å². The van der Waals surface area contributed by atoms with Gasteiger partial charge in [0.05, 0.1) is 0 Å². The van der Waals surface area contributed by atoms with Crippen LogP contribution < -0.4 is 0 Å². The molecule has 0 aromatic heterocycles. The van der Waals surface area contributed by atoms with Gasteiger partial charge in [0.25, 0.3) is 0 Å². The zero-order valence-electron chi connectivity index (χ0n) is 5.71. The minimum atomic E-state index is 0.287. The van der Waals surface area contributed by atoms with Crippen LogP contribution in [0.1, 0.15) is 19.8 Å². The fourth-order valence-corrected chi connectivity index (χ4v) is 1.20. The van der Waals surface area contributed by atoms with E-state index in [0.29, 0.717) is 5.92 Å². The maximum Gasteiger partial charge on any atom is 0.123 e. The fourth-order valence-electron chi connectivity index (χ4n) is 1.20. The monoisotopic (exact) mass is 124 g/mol. The van der Waals surface area contributed by atoms with Crippen LogP contribution in [0.5, 0.6) is 0 Å². The Morgan fingerprint density at radius 2 is 2.44 bits per heavy atom. The van der Waals surface area contributed by atoms with Crippen LogP contribution in [0, 0.1) is 11.8 Å². The van der Waals surface area contributed by atoms with Gasteiger partial charge in [-0.2, -0.15) is 0 Å². The van der Waals surface area contributed by atoms with Gasteiger partial charge in [-0.3, -0.25) is 0 Å². The van der Waals surface area contributed by atoms with Gasteiger partial charge in [-0.1, -0.05) is 19.1 Å². The summed E-state index contributed by atoms with van der Waals surface area (Å²) in [7, 11) is 0. The predicted octanol–water partition coefficient (Wildman–Crippen LogP) is 1.79. The topological polar surface area (TPSA) is 17.1 Å². The molecular weight excluding hydrogens is 112 g/mol. The Labute approximate surface area is 55.8 Å². The lowest BCUT2D eigenvalue weighted by molar-refractivity contribution is -0.112. The molecule has 0 aliphatic heterocycles. The Bertz CT molecular complexity index is 127. The molecule has 0 radical (unpaired) electrons. The Kier molecular flexibility index (Phi) is 2.04. The van der Waals surface area contributed by atoms with Crippen molar-refractivity contribution in [1.29, 1.82) is 0 Å². The second-order valence-corrected chi connectivity index (χ2v) is 2.66. The van der Waals surface area contributed by atoms with Gasteiger partial charge in [0.15, 0.2) is 0 Å². The molecule has 9 heavy (non-hydrogen) atoms. The lowest BCUT2D eigenvalue weighted by Crippen LogP contribution is -2.13. The van der Waals surface area contributed by atoms with E-state index in [2.05, 4.69) is 19.1 Å². The van der Waals surface area contributed by atoms with Crippen LogP contribution >= 0.6 is 0 Å². The molecule has 0 saturated heterocycles. The number of aldehydes is 1. The number of hydrogen-bond donors (Lipinski definition) is 0. The Hall–Kier alpha value is -0.590. The van der Waals surface area contributed by atoms with Crippen LogP contribution in [0.2, 0.25) is 0 Å². The van der Waals surface area contributed by atoms with E-state index in [1.54, 1.807) is 0 Å². The molecule has 0 amide bonds. The first-order chi connectivity index (χ1) is 4.34. The highest BCUT2D eigenvalue weighted by Crippen LogP contribution is 2.21. The van der Waals surface area contributed by atoms with Gasteiger partial charge < -0.3 is 4.79 Å². The van der Waals surface area contributed by atoms with Crippen LogP contribution in [0.4, 0.5) is 0 Å². The quantitative estimate of drug-likeness (QED) is 0.384. The summed E-state index contributed by atoms with van der Waals surface area (Å²) in [4.78, 5) is 10.3. The zero-order valence-corrected chi connectivity index (χ0v) is 5.71. The second kappa shape index (κ2) is 2.81. The Morgan fingerprint density at radius 3 is 2.89 bits per heavy atom. The molecule has 0 spiro atoms. The summed E-state index contributed by atoms with van der Waals surface area (Å²) < 4.78 is 0. The van der Waals surface area contributed by atoms with Crippen LogP contribution in [0.3, 0.4) is 0 Å². The first kappa shape index (κ1) is 6.53. The minimum absolute atomic E-state index is 0.287. The molecule has 1 nitrogen and oxygen atoms in total. The third-order valence-electron chi connectivity index (χ3n) is 1.96. The first-order valence-electron chi connectivity index (χ1n) is 3.46. The molecule has 2 atom stereocenters. The molecule has 1 rings (SSSR count). The molecule has 1 aliphatic rings. The van der Waals surface area contributed by atoms with E-state index >= 15 is 0 Å². The van der Waals surface area contributed by atoms with Crippen molar-refractivity contribution >= 4 is 6.29 Å². The minimum Gasteiger partial charge on any atom is -0.303 e. The summed E-state index contributed by atoms with van der Waals surface area (Å²) in [6.45, 7) is 2.09. The average molecular weight is 124 g/mol. The molecular formula is C8H12O. The summed E-state index contributed by atoms with van der Waals surface area (Å²) in [5, 5.41) is 0. The summed E-state index contributed by atoms with van der Waals surface area (Å²) >= 11 is 0. The third kappa shape index (κ3) is 1.41. The highest BCUT2D eigenvalue weighted by Gasteiger charge is 2.15. The summed E-state index contributed by atoms with van der Waals surface area (Å²) in [5.74, 6) is 0.756. The molecule has 0 heterocycles. The van der Waals surface area contributed by atoms with Crippen molar-refractivity contribution in [2.24, 2.45) is 11.8 Å². The van der Waals surface area contributed by atoms with E-state index in [1.807, 2.05) is 0 Å². The summed E-state index contributed by atoms with van der Waals surface area (Å²) in [5.41, 5.74) is 0. The normalized spacial score (nSPS) is 34.3. The molecule has 1 heteroatoms. The van der Waals surface area contributed by atoms with Gasteiger partial charge in [-0.25, -0.2) is 0 Å². The molecule has 1 aliphatic carbocycles. The van der Waals surface area contributed by atoms with Gasteiger partial charge in [-0.15, -0.1) is 0 Å². The average Bonchev–Trinajstić information content (AvgIpc) is 1.89. The van der Waals surface area contributed by atoms with Gasteiger partial charge in [0.2, 0.25) is 0 Å². The number of allylic oxidation sites excluding steroid dienone is 2. The maximum absolute atomic E-state index is 10.3. The molecule has 0 aromatic rings. The van der Waals surface area contributed by atoms with Crippen LogP contribution in [0.25, 0.3) is 0 Å². The van der Waals surface area contributed by atoms with Crippen LogP contribution in [0.15, 0.2) is 12.2 Å². The predicted molar refractivity (Wildman–Crippen MR) is 37.1 cm³/mol. The maximum atomic E-state index is 10.3. The zero-order chi connectivity index (χ0) is 6.69. The third-order valence-corrected chi connectivity index (χ3v) is 1.96. The molecule has 0 fully saturated rings. The van der Waals surface area contributed by atoms with Crippen molar-refractivity contribution in [3.05, 3.63) is 12.2 Å². The standard InChI is InChI=1S/C8H12O/c1-7-4-2-3-5-8(7)6-9/h2,4,6-8H,3,5H2,1H3/t7-,8+/m1/s1. The number of carbonyl (C=O) groups excluding carboxylic acids is 1. The summed E-state index contributed by atoms with van der Waals surface area (Å²) in [6.07, 6.45) is 7.48. The van der Waals surface area contributed by atoms with Crippen molar-refractivity contribution in [2.75, 3.05) is 0 Å². The van der Waals surface area contributed by atoms with Crippen molar-refractivity contribution in [3.8, 4) is 0 Å².